The van der Waals surface area contributed by atoms with Crippen LogP contribution < -0.4 is 5.32 Å². The molecule has 0 unspecified atom stereocenters. The van der Waals surface area contributed by atoms with Gasteiger partial charge in [0.1, 0.15) is 12.4 Å². The Kier molecular flexibility index (Phi) is 5.75. The first kappa shape index (κ1) is 13.6. The molecule has 18 heavy (non-hydrogen) atoms. The van der Waals surface area contributed by atoms with E-state index in [-0.39, 0.29) is 0 Å². The largest absolute Gasteiger partial charge is 0.467 e. The highest BCUT2D eigenvalue weighted by molar-refractivity contribution is 5.11. The average molecular weight is 251 g/mol. The SMILES string of the molecule is CCNCc1coc(COCC2CCCCC2)c1. The zero-order valence-electron chi connectivity index (χ0n) is 11.4. The summed E-state index contributed by atoms with van der Waals surface area (Å²) in [4.78, 5) is 0. The summed E-state index contributed by atoms with van der Waals surface area (Å²) in [5, 5.41) is 3.28. The van der Waals surface area contributed by atoms with Crippen molar-refractivity contribution in [3.05, 3.63) is 23.7 Å². The van der Waals surface area contributed by atoms with Crippen LogP contribution in [0.15, 0.2) is 16.7 Å². The zero-order chi connectivity index (χ0) is 12.6. The van der Waals surface area contributed by atoms with Crippen molar-refractivity contribution in [2.24, 2.45) is 5.92 Å². The van der Waals surface area contributed by atoms with Crippen LogP contribution in [0.1, 0.15) is 50.4 Å². The third-order valence-electron chi connectivity index (χ3n) is 3.61. The molecule has 102 valence electrons. The van der Waals surface area contributed by atoms with Gasteiger partial charge in [-0.15, -0.1) is 0 Å². The number of nitrogens with one attached hydrogen (secondary N) is 1. The Hall–Kier alpha value is -0.800. The predicted octanol–water partition coefficient (Wildman–Crippen LogP) is 3.49. The monoisotopic (exact) mass is 251 g/mol. The lowest BCUT2D eigenvalue weighted by Crippen LogP contribution is -2.13. The molecule has 0 amide bonds. The first-order valence-electron chi connectivity index (χ1n) is 7.23. The fourth-order valence-corrected chi connectivity index (χ4v) is 2.54. The topological polar surface area (TPSA) is 34.4 Å². The van der Waals surface area contributed by atoms with Crippen LogP contribution in [-0.4, -0.2) is 13.2 Å². The zero-order valence-corrected chi connectivity index (χ0v) is 11.4. The van der Waals surface area contributed by atoms with Gasteiger partial charge >= 0.3 is 0 Å². The van der Waals surface area contributed by atoms with Gasteiger partial charge in [-0.25, -0.2) is 0 Å². The van der Waals surface area contributed by atoms with Gasteiger partial charge in [-0.1, -0.05) is 26.2 Å². The Bertz CT molecular complexity index is 329. The molecule has 1 aliphatic carbocycles. The van der Waals surface area contributed by atoms with Crippen molar-refractivity contribution in [2.45, 2.75) is 52.2 Å². The van der Waals surface area contributed by atoms with E-state index in [1.54, 1.807) is 0 Å². The van der Waals surface area contributed by atoms with Crippen molar-refractivity contribution in [3.8, 4) is 0 Å². The molecule has 3 heteroatoms. The van der Waals surface area contributed by atoms with E-state index in [1.807, 2.05) is 6.26 Å². The minimum atomic E-state index is 0.614. The molecule has 1 fully saturated rings. The fraction of sp³-hybridized carbons (Fsp3) is 0.733. The molecule has 1 N–H and O–H groups in total. The van der Waals surface area contributed by atoms with Gasteiger partial charge in [0, 0.05) is 18.7 Å². The second-order valence-electron chi connectivity index (χ2n) is 5.22. The second-order valence-corrected chi connectivity index (χ2v) is 5.22. The van der Waals surface area contributed by atoms with Crippen molar-refractivity contribution in [1.29, 1.82) is 0 Å². The van der Waals surface area contributed by atoms with Gasteiger partial charge < -0.3 is 14.5 Å². The summed E-state index contributed by atoms with van der Waals surface area (Å²) < 4.78 is 11.2. The molecule has 0 radical (unpaired) electrons. The van der Waals surface area contributed by atoms with Crippen LogP contribution in [0.4, 0.5) is 0 Å². The minimum Gasteiger partial charge on any atom is -0.467 e. The van der Waals surface area contributed by atoms with E-state index in [0.29, 0.717) is 6.61 Å². The summed E-state index contributed by atoms with van der Waals surface area (Å²) in [7, 11) is 0. The van der Waals surface area contributed by atoms with Gasteiger partial charge in [-0.3, -0.25) is 0 Å². The summed E-state index contributed by atoms with van der Waals surface area (Å²) in [6.07, 6.45) is 8.65. The van der Waals surface area contributed by atoms with E-state index >= 15 is 0 Å². The van der Waals surface area contributed by atoms with Crippen LogP contribution in [0.3, 0.4) is 0 Å². The average Bonchev–Trinajstić information content (AvgIpc) is 2.85. The molecule has 0 saturated heterocycles. The number of furan rings is 1. The molecule has 1 saturated carbocycles. The van der Waals surface area contributed by atoms with Crippen molar-refractivity contribution < 1.29 is 9.15 Å². The number of rotatable bonds is 7. The molecule has 1 aromatic rings. The van der Waals surface area contributed by atoms with Gasteiger partial charge in [-0.05, 0) is 31.4 Å². The second kappa shape index (κ2) is 7.59. The highest BCUT2D eigenvalue weighted by atomic mass is 16.5. The van der Waals surface area contributed by atoms with E-state index in [0.717, 1.165) is 31.4 Å². The number of hydrogen-bond acceptors (Lipinski definition) is 3. The van der Waals surface area contributed by atoms with Gasteiger partial charge in [0.25, 0.3) is 0 Å². The first-order valence-corrected chi connectivity index (χ1v) is 7.23. The van der Waals surface area contributed by atoms with Crippen LogP contribution in [0.25, 0.3) is 0 Å². The Balaban J connectivity index is 1.64. The van der Waals surface area contributed by atoms with Gasteiger partial charge in [-0.2, -0.15) is 0 Å². The summed E-state index contributed by atoms with van der Waals surface area (Å²) in [5.74, 6) is 1.72. The molecule has 0 aliphatic heterocycles. The highest BCUT2D eigenvalue weighted by Crippen LogP contribution is 2.24. The van der Waals surface area contributed by atoms with Gasteiger partial charge in [0.05, 0.1) is 6.26 Å². The van der Waals surface area contributed by atoms with E-state index in [1.165, 1.54) is 37.7 Å². The minimum absolute atomic E-state index is 0.614. The molecule has 3 nitrogen and oxygen atoms in total. The maximum Gasteiger partial charge on any atom is 0.129 e. The van der Waals surface area contributed by atoms with Crippen LogP contribution in [-0.2, 0) is 17.9 Å². The van der Waals surface area contributed by atoms with Crippen LogP contribution in [0, 0.1) is 5.92 Å². The standard InChI is InChI=1S/C15H25NO2/c1-2-16-9-14-8-15(18-11-14)12-17-10-13-6-4-3-5-7-13/h8,11,13,16H,2-7,9-10,12H2,1H3. The Morgan fingerprint density at radius 1 is 1.33 bits per heavy atom. The molecule has 1 aromatic heterocycles. The number of ether oxygens (including phenoxy) is 1. The van der Waals surface area contributed by atoms with Crippen molar-refractivity contribution in [1.82, 2.24) is 5.32 Å². The third-order valence-corrected chi connectivity index (χ3v) is 3.61. The molecule has 2 rings (SSSR count). The Morgan fingerprint density at radius 2 is 2.17 bits per heavy atom. The van der Waals surface area contributed by atoms with E-state index in [2.05, 4.69) is 18.3 Å². The Labute approximate surface area is 110 Å². The van der Waals surface area contributed by atoms with Crippen molar-refractivity contribution in [2.75, 3.05) is 13.2 Å². The van der Waals surface area contributed by atoms with Crippen LogP contribution in [0.2, 0.25) is 0 Å². The lowest BCUT2D eigenvalue weighted by Gasteiger charge is -2.20. The highest BCUT2D eigenvalue weighted by Gasteiger charge is 2.13. The van der Waals surface area contributed by atoms with E-state index in [4.69, 9.17) is 9.15 Å². The summed E-state index contributed by atoms with van der Waals surface area (Å²) in [6, 6.07) is 2.09. The van der Waals surface area contributed by atoms with E-state index in [9.17, 15) is 0 Å². The molecule has 1 aliphatic rings. The predicted molar refractivity (Wildman–Crippen MR) is 72.3 cm³/mol. The lowest BCUT2D eigenvalue weighted by atomic mass is 9.90. The molecule has 1 heterocycles. The Morgan fingerprint density at radius 3 is 2.94 bits per heavy atom. The molecule has 0 bridgehead atoms. The van der Waals surface area contributed by atoms with E-state index < -0.39 is 0 Å². The molecule has 0 aromatic carbocycles. The van der Waals surface area contributed by atoms with Gasteiger partial charge in [0.15, 0.2) is 0 Å². The molecular weight excluding hydrogens is 226 g/mol. The number of hydrogen-bond donors (Lipinski definition) is 1. The smallest absolute Gasteiger partial charge is 0.129 e. The normalized spacial score (nSPS) is 17.2. The molecule has 0 spiro atoms. The van der Waals surface area contributed by atoms with Crippen LogP contribution >= 0.6 is 0 Å². The molecular formula is C15H25NO2. The third kappa shape index (κ3) is 4.46. The summed E-state index contributed by atoms with van der Waals surface area (Å²) >= 11 is 0. The summed E-state index contributed by atoms with van der Waals surface area (Å²) in [6.45, 7) is 5.47. The van der Waals surface area contributed by atoms with Crippen molar-refractivity contribution in [3.63, 3.8) is 0 Å². The first-order chi connectivity index (χ1) is 8.88. The fourth-order valence-electron chi connectivity index (χ4n) is 2.54. The quantitative estimate of drug-likeness (QED) is 0.805. The maximum atomic E-state index is 5.76. The van der Waals surface area contributed by atoms with Crippen LogP contribution in [0.5, 0.6) is 0 Å². The maximum absolute atomic E-state index is 5.76. The van der Waals surface area contributed by atoms with Crippen molar-refractivity contribution >= 4 is 0 Å². The summed E-state index contributed by atoms with van der Waals surface area (Å²) in [5.41, 5.74) is 1.20. The molecule has 0 atom stereocenters. The lowest BCUT2D eigenvalue weighted by molar-refractivity contribution is 0.0637. The van der Waals surface area contributed by atoms with Gasteiger partial charge in [0.2, 0.25) is 0 Å².